The Hall–Kier alpha value is -12.1. The zero-order chi connectivity index (χ0) is 80.5. The molecule has 16 aromatic carbocycles. The highest BCUT2D eigenvalue weighted by molar-refractivity contribution is 7.93. The smallest absolute Gasteiger partial charge is 0.0633 e. The summed E-state index contributed by atoms with van der Waals surface area (Å²) in [6.07, 6.45) is 8.93. The van der Waals surface area contributed by atoms with E-state index in [-0.39, 0.29) is 0 Å². The van der Waals surface area contributed by atoms with Crippen molar-refractivity contribution < 1.29 is 0 Å². The number of benzene rings is 16. The van der Waals surface area contributed by atoms with Gasteiger partial charge < -0.3 is 0 Å². The Balaban J connectivity index is 0.812. The summed E-state index contributed by atoms with van der Waals surface area (Å²) in [5, 5.41) is 22.0. The monoisotopic (exact) mass is 1640 g/mol. The lowest BCUT2D eigenvalue weighted by Gasteiger charge is -2.31. The predicted octanol–water partition coefficient (Wildman–Crippen LogP) is 17.0. The van der Waals surface area contributed by atoms with E-state index in [0.29, 0.717) is 12.3 Å². The van der Waals surface area contributed by atoms with Gasteiger partial charge in [0.15, 0.2) is 16.1 Å². The minimum atomic E-state index is -3.06. The first kappa shape index (κ1) is 77.8. The average molecular weight is 1640 g/mol. The van der Waals surface area contributed by atoms with Gasteiger partial charge in [-0.05, 0) is 222 Å². The molecule has 572 valence electrons. The first-order valence-electron chi connectivity index (χ1n) is 42.1. The van der Waals surface area contributed by atoms with Gasteiger partial charge in [0.05, 0.1) is 41.4 Å². The van der Waals surface area contributed by atoms with Crippen molar-refractivity contribution >= 4 is 129 Å². The fourth-order valence-corrected chi connectivity index (χ4v) is 47.3. The third-order valence-electron chi connectivity index (χ3n) is 25.6. The maximum Gasteiger partial charge on any atom is 0.180 e. The van der Waals surface area contributed by atoms with Crippen molar-refractivity contribution in [1.29, 1.82) is 0 Å². The van der Waals surface area contributed by atoms with Gasteiger partial charge in [0, 0.05) is 22.3 Å². The van der Waals surface area contributed by atoms with Crippen LogP contribution in [0.4, 0.5) is 0 Å². The highest BCUT2D eigenvalue weighted by Gasteiger charge is 2.54. The Morgan fingerprint density at radius 3 is 0.525 bits per heavy atom. The van der Waals surface area contributed by atoms with E-state index in [4.69, 9.17) is 0 Å². The van der Waals surface area contributed by atoms with Crippen LogP contribution >= 0.6 is 29.0 Å². The maximum absolute atomic E-state index is 4.09. The molecule has 3 aliphatic heterocycles. The Morgan fingerprint density at radius 2 is 0.342 bits per heavy atom. The summed E-state index contributed by atoms with van der Waals surface area (Å²) in [5.41, 5.74) is 9.30. The normalized spacial score (nSPS) is 15.7. The van der Waals surface area contributed by atoms with Crippen LogP contribution in [-0.4, -0.2) is 65.4 Å². The molecule has 0 atom stereocenters. The van der Waals surface area contributed by atoms with Gasteiger partial charge in [-0.3, -0.25) is 0 Å². The van der Waals surface area contributed by atoms with Crippen molar-refractivity contribution in [2.75, 3.05) is 49.3 Å². The van der Waals surface area contributed by atoms with E-state index in [1.165, 1.54) is 106 Å². The second-order valence-corrected chi connectivity index (χ2v) is 54.4. The lowest BCUT2D eigenvalue weighted by molar-refractivity contribution is 0.894. The molecule has 6 heteroatoms. The maximum atomic E-state index is 4.09. The van der Waals surface area contributed by atoms with Crippen molar-refractivity contribution in [3.8, 4) is 69.6 Å². The molecule has 0 nitrogen and oxygen atoms in total. The Bertz CT molecular complexity index is 5950. The largest absolute Gasteiger partial charge is 0.180 e. The molecular formula is C114H92P4Si2+4. The molecule has 0 aromatic heterocycles. The highest BCUT2D eigenvalue weighted by atomic mass is 31.2. The number of rotatable bonds is 12. The summed E-state index contributed by atoms with van der Waals surface area (Å²) in [4.78, 5) is 0. The first-order valence-corrected chi connectivity index (χ1v) is 54.8. The summed E-state index contributed by atoms with van der Waals surface area (Å²) in [6.45, 7) is 0. The van der Waals surface area contributed by atoms with E-state index in [0.717, 1.165) is 72.1 Å². The molecule has 3 aliphatic rings. The Morgan fingerprint density at radius 1 is 0.175 bits per heavy atom. The molecule has 0 saturated heterocycles. The third kappa shape index (κ3) is 14.5. The lowest BCUT2D eigenvalue weighted by atomic mass is 10.0. The van der Waals surface area contributed by atoms with Crippen LogP contribution in [-0.2, 0) is 0 Å². The number of fused-ring (bicyclic) bond motifs is 6. The highest BCUT2D eigenvalue weighted by Crippen LogP contribution is 2.64. The van der Waals surface area contributed by atoms with Crippen molar-refractivity contribution in [2.24, 2.45) is 0 Å². The second-order valence-electron chi connectivity index (χ2n) is 32.0. The fraction of sp³-hybridized carbons (Fsp3) is 0.0877. The van der Waals surface area contributed by atoms with Crippen molar-refractivity contribution in [3.05, 3.63) is 459 Å². The predicted molar refractivity (Wildman–Crippen MR) is 530 cm³/mol. The topological polar surface area (TPSA) is 0 Å². The third-order valence-corrected chi connectivity index (χ3v) is 52.9. The molecule has 0 aliphatic carbocycles. The van der Waals surface area contributed by atoms with Gasteiger partial charge in [-0.25, -0.2) is 0 Å². The van der Waals surface area contributed by atoms with Gasteiger partial charge in [-0.1, -0.05) is 339 Å². The van der Waals surface area contributed by atoms with Gasteiger partial charge in [-0.15, -0.1) is 0 Å². The van der Waals surface area contributed by atoms with Crippen molar-refractivity contribution in [3.63, 3.8) is 0 Å². The molecule has 0 saturated carbocycles. The number of hydrogen-bond acceptors (Lipinski definition) is 0. The molecule has 0 unspecified atom stereocenters. The second kappa shape index (κ2) is 34.7. The Kier molecular flexibility index (Phi) is 22.5. The Labute approximate surface area is 714 Å². The van der Waals surface area contributed by atoms with Gasteiger partial charge in [0.1, 0.15) is 79.4 Å². The summed E-state index contributed by atoms with van der Waals surface area (Å²) in [7, 11) is -15.2. The van der Waals surface area contributed by atoms with Gasteiger partial charge in [-0.2, -0.15) is 0 Å². The van der Waals surface area contributed by atoms with Crippen molar-refractivity contribution in [2.45, 2.75) is 12.8 Å². The minimum absolute atomic E-state index is 0.707. The van der Waals surface area contributed by atoms with Crippen LogP contribution in [0.25, 0.3) is 22.3 Å². The molecule has 120 heavy (non-hydrogen) atoms. The average Bonchev–Trinajstić information content (AvgIpc) is 1.54. The van der Waals surface area contributed by atoms with Crippen LogP contribution < -0.4 is 83.9 Å². The quantitative estimate of drug-likeness (QED) is 0.0650. The SMILES string of the molecule is C1#Cc2ccc3c(c2)[Si](c2ccccc2)(c2ccccc2)c2cc(ccc2-3)C#CC[P+](c2ccccc2)(c2ccccc2)CC[P+](c2ccccc2)(c2ccccc2)CC#Cc2ccc3c(c2)[Si](c2ccccc2)(c2ccccc2)c2cc(ccc2-3)C#CC[P+](c2ccccc2)(c2ccccc2)CCCC[P+](c2ccccc2)(c2ccccc2)C1. The van der Waals surface area contributed by atoms with Crippen LogP contribution in [0.2, 0.25) is 0 Å². The summed E-state index contributed by atoms with van der Waals surface area (Å²) in [6, 6.07) is 166. The molecule has 0 amide bonds. The molecule has 8 bridgehead atoms. The van der Waals surface area contributed by atoms with E-state index in [1.807, 2.05) is 0 Å². The van der Waals surface area contributed by atoms with E-state index in [1.54, 1.807) is 0 Å². The molecule has 3 heterocycles. The number of hydrogen-bond donors (Lipinski definition) is 0. The summed E-state index contributed by atoms with van der Waals surface area (Å²) >= 11 is 0. The van der Waals surface area contributed by atoms with Crippen molar-refractivity contribution in [1.82, 2.24) is 0 Å². The van der Waals surface area contributed by atoms with E-state index in [2.05, 4.69) is 484 Å². The van der Waals surface area contributed by atoms with Crippen LogP contribution in [0.1, 0.15) is 35.1 Å². The minimum Gasteiger partial charge on any atom is -0.0633 e. The van der Waals surface area contributed by atoms with E-state index >= 15 is 0 Å². The van der Waals surface area contributed by atoms with Gasteiger partial charge >= 0.3 is 0 Å². The molecule has 0 spiro atoms. The molecule has 0 radical (unpaired) electrons. The van der Waals surface area contributed by atoms with Gasteiger partial charge in [0.2, 0.25) is 0 Å². The van der Waals surface area contributed by atoms with Gasteiger partial charge in [0.25, 0.3) is 0 Å². The van der Waals surface area contributed by atoms with Crippen LogP contribution in [0.15, 0.2) is 437 Å². The summed E-state index contributed by atoms with van der Waals surface area (Å²) < 4.78 is 0. The first-order chi connectivity index (χ1) is 59.4. The van der Waals surface area contributed by atoms with Crippen LogP contribution in [0.5, 0.6) is 0 Å². The lowest BCUT2D eigenvalue weighted by Crippen LogP contribution is -2.72. The molecule has 19 rings (SSSR count). The zero-order valence-corrected chi connectivity index (χ0v) is 73.0. The molecular weight excluding hydrogens is 1550 g/mol. The summed E-state index contributed by atoms with van der Waals surface area (Å²) in [5.74, 6) is 32.2. The molecule has 0 N–H and O–H groups in total. The fourth-order valence-electron chi connectivity index (χ4n) is 19.9. The van der Waals surface area contributed by atoms with E-state index < -0.39 is 45.2 Å². The van der Waals surface area contributed by atoms with Crippen LogP contribution in [0, 0.1) is 47.4 Å². The zero-order valence-electron chi connectivity index (χ0n) is 67.4. The standard InChI is InChI=1S/C114H92P4Si2/c1-13-47-95(48-14-1)115(96-49-15-2-16-50-96)79-37-38-80-116(97-51-17-3-18-52-97,98-53-19-4-20-54-98)82-40-44-92-72-76-108-110-78-74-94(90-114(110)120(112(108)88-92,105-67-33-11-34-68-105)106-69-35-12-36-70-106)46-42-84-118(101-59-25-7-26-60-101,102-61-27-8-28-62-102)86-85-117(99-55-21-5-22-56-99,100-57-23-6-24-58-100)83-41-45-93-73-77-109-107-75-71-91(43-39-81-115)87-111(107)119(113(109)89-93,103-63-29-9-30-64-103)104-65-31-10-32-66-104/h1-36,47-78,87-90H,37-38,79-86H2/q+4. The molecule has 0 fully saturated rings. The van der Waals surface area contributed by atoms with Crippen LogP contribution in [0.3, 0.4) is 0 Å². The molecule has 16 aromatic rings. The van der Waals surface area contributed by atoms with E-state index in [9.17, 15) is 0 Å².